The van der Waals surface area contributed by atoms with Crippen molar-refractivity contribution < 1.29 is 4.74 Å². The van der Waals surface area contributed by atoms with Crippen LogP contribution < -0.4 is 10.5 Å². The second-order valence-corrected chi connectivity index (χ2v) is 5.18. The molecule has 1 aromatic heterocycles. The summed E-state index contributed by atoms with van der Waals surface area (Å²) in [5.41, 5.74) is 7.53. The van der Waals surface area contributed by atoms with Gasteiger partial charge in [0.05, 0.1) is 18.2 Å². The van der Waals surface area contributed by atoms with Gasteiger partial charge in [-0.2, -0.15) is 0 Å². The predicted octanol–water partition coefficient (Wildman–Crippen LogP) is 2.29. The number of rotatable bonds is 5. The molecule has 1 fully saturated rings. The van der Waals surface area contributed by atoms with E-state index in [1.165, 1.54) is 12.8 Å². The molecular formula is C14H19N5O. The Labute approximate surface area is 117 Å². The molecule has 3 rings (SSSR count). The van der Waals surface area contributed by atoms with Gasteiger partial charge in [-0.25, -0.2) is 4.68 Å². The summed E-state index contributed by atoms with van der Waals surface area (Å²) in [5.74, 6) is 2.08. The molecule has 1 unspecified atom stereocenters. The Hall–Kier alpha value is -2.11. The molecule has 1 atom stereocenters. The number of hydrogen-bond acceptors (Lipinski definition) is 5. The van der Waals surface area contributed by atoms with Crippen molar-refractivity contribution in [1.82, 2.24) is 20.2 Å². The lowest BCUT2D eigenvalue weighted by Gasteiger charge is -2.15. The number of tetrazole rings is 1. The van der Waals surface area contributed by atoms with Gasteiger partial charge in [0.2, 0.25) is 0 Å². The molecule has 106 valence electrons. The zero-order valence-corrected chi connectivity index (χ0v) is 11.8. The van der Waals surface area contributed by atoms with E-state index in [2.05, 4.69) is 22.4 Å². The molecule has 0 aliphatic heterocycles. The molecular weight excluding hydrogens is 254 g/mol. The van der Waals surface area contributed by atoms with Crippen molar-refractivity contribution in [3.05, 3.63) is 18.2 Å². The number of nitrogen functional groups attached to an aromatic ring is 1. The predicted molar refractivity (Wildman–Crippen MR) is 76.3 cm³/mol. The summed E-state index contributed by atoms with van der Waals surface area (Å²) in [7, 11) is 0. The van der Waals surface area contributed by atoms with Crippen LogP contribution in [0.1, 0.15) is 32.7 Å². The van der Waals surface area contributed by atoms with Crippen LogP contribution in [0.25, 0.3) is 11.4 Å². The van der Waals surface area contributed by atoms with Gasteiger partial charge in [0.1, 0.15) is 5.75 Å². The molecule has 2 N–H and O–H groups in total. The molecule has 0 bridgehead atoms. The van der Waals surface area contributed by atoms with E-state index in [-0.39, 0.29) is 6.04 Å². The van der Waals surface area contributed by atoms with Gasteiger partial charge in [0.15, 0.2) is 5.82 Å². The molecule has 0 amide bonds. The van der Waals surface area contributed by atoms with Crippen molar-refractivity contribution in [1.29, 1.82) is 0 Å². The van der Waals surface area contributed by atoms with Gasteiger partial charge in [0, 0.05) is 5.69 Å². The highest BCUT2D eigenvalue weighted by Crippen LogP contribution is 2.42. The number of nitrogens with two attached hydrogens (primary N) is 1. The van der Waals surface area contributed by atoms with Crippen LogP contribution >= 0.6 is 0 Å². The fourth-order valence-corrected chi connectivity index (χ4v) is 2.47. The summed E-state index contributed by atoms with van der Waals surface area (Å²) >= 11 is 0. The van der Waals surface area contributed by atoms with E-state index in [4.69, 9.17) is 10.5 Å². The molecule has 0 spiro atoms. The number of hydrogen-bond donors (Lipinski definition) is 1. The molecule has 0 radical (unpaired) electrons. The van der Waals surface area contributed by atoms with Gasteiger partial charge in [-0.3, -0.25) is 0 Å². The van der Waals surface area contributed by atoms with Crippen molar-refractivity contribution in [2.45, 2.75) is 32.7 Å². The summed E-state index contributed by atoms with van der Waals surface area (Å²) in [4.78, 5) is 0. The highest BCUT2D eigenvalue weighted by molar-refractivity contribution is 5.77. The van der Waals surface area contributed by atoms with Gasteiger partial charge in [-0.05, 0) is 55.2 Å². The maximum Gasteiger partial charge on any atom is 0.188 e. The van der Waals surface area contributed by atoms with Crippen molar-refractivity contribution in [3.8, 4) is 17.1 Å². The largest absolute Gasteiger partial charge is 0.493 e. The van der Waals surface area contributed by atoms with E-state index < -0.39 is 0 Å². The summed E-state index contributed by atoms with van der Waals surface area (Å²) in [6.45, 7) is 4.68. The Morgan fingerprint density at radius 1 is 1.45 bits per heavy atom. The molecule has 1 aliphatic rings. The molecule has 20 heavy (non-hydrogen) atoms. The summed E-state index contributed by atoms with van der Waals surface area (Å²) < 4.78 is 7.53. The Morgan fingerprint density at radius 2 is 2.25 bits per heavy atom. The lowest BCUT2D eigenvalue weighted by molar-refractivity contribution is 0.341. The van der Waals surface area contributed by atoms with E-state index in [1.54, 1.807) is 0 Å². The molecule has 1 heterocycles. The number of benzene rings is 1. The van der Waals surface area contributed by atoms with Crippen LogP contribution in [-0.4, -0.2) is 26.8 Å². The van der Waals surface area contributed by atoms with Gasteiger partial charge < -0.3 is 10.5 Å². The SMILES string of the molecule is CCOc1cccc(N)c1-c1nnnn1C(C)C1CC1. The summed E-state index contributed by atoms with van der Waals surface area (Å²) in [6.07, 6.45) is 2.48. The van der Waals surface area contributed by atoms with Gasteiger partial charge >= 0.3 is 0 Å². The fourth-order valence-electron chi connectivity index (χ4n) is 2.47. The topological polar surface area (TPSA) is 78.8 Å². The van der Waals surface area contributed by atoms with Crippen LogP contribution in [-0.2, 0) is 0 Å². The second-order valence-electron chi connectivity index (χ2n) is 5.18. The number of anilines is 1. The first kappa shape index (κ1) is 12.9. The number of nitrogens with zero attached hydrogens (tertiary/aromatic N) is 4. The molecule has 2 aromatic rings. The normalized spacial score (nSPS) is 16.1. The highest BCUT2D eigenvalue weighted by atomic mass is 16.5. The van der Waals surface area contributed by atoms with E-state index in [1.807, 2.05) is 29.8 Å². The van der Waals surface area contributed by atoms with E-state index >= 15 is 0 Å². The average molecular weight is 273 g/mol. The molecule has 1 aromatic carbocycles. The fraction of sp³-hybridized carbons (Fsp3) is 0.500. The summed E-state index contributed by atoms with van der Waals surface area (Å²) in [5, 5.41) is 12.1. The third kappa shape index (κ3) is 2.21. The maximum absolute atomic E-state index is 6.11. The third-order valence-corrected chi connectivity index (χ3v) is 3.76. The van der Waals surface area contributed by atoms with Crippen molar-refractivity contribution in [2.24, 2.45) is 5.92 Å². The molecule has 6 nitrogen and oxygen atoms in total. The van der Waals surface area contributed by atoms with Crippen LogP contribution in [0.3, 0.4) is 0 Å². The molecule has 1 saturated carbocycles. The first-order chi connectivity index (χ1) is 9.72. The van der Waals surface area contributed by atoms with Crippen LogP contribution in [0.4, 0.5) is 5.69 Å². The first-order valence-corrected chi connectivity index (χ1v) is 7.02. The zero-order chi connectivity index (χ0) is 14.1. The Morgan fingerprint density at radius 3 is 2.95 bits per heavy atom. The third-order valence-electron chi connectivity index (χ3n) is 3.76. The monoisotopic (exact) mass is 273 g/mol. The van der Waals surface area contributed by atoms with Crippen LogP contribution in [0.15, 0.2) is 18.2 Å². The highest BCUT2D eigenvalue weighted by Gasteiger charge is 2.32. The zero-order valence-electron chi connectivity index (χ0n) is 11.8. The summed E-state index contributed by atoms with van der Waals surface area (Å²) in [6, 6.07) is 5.91. The van der Waals surface area contributed by atoms with E-state index in [0.717, 1.165) is 11.3 Å². The van der Waals surface area contributed by atoms with Gasteiger partial charge in [-0.1, -0.05) is 6.07 Å². The minimum absolute atomic E-state index is 0.286. The Balaban J connectivity index is 2.07. The quantitative estimate of drug-likeness (QED) is 0.845. The first-order valence-electron chi connectivity index (χ1n) is 7.02. The Bertz CT molecular complexity index is 605. The van der Waals surface area contributed by atoms with Crippen LogP contribution in [0.2, 0.25) is 0 Å². The average Bonchev–Trinajstić information content (AvgIpc) is 3.17. The lowest BCUT2D eigenvalue weighted by Crippen LogP contribution is -2.12. The Kier molecular flexibility index (Phi) is 3.30. The molecule has 6 heteroatoms. The van der Waals surface area contributed by atoms with E-state index in [0.29, 0.717) is 24.0 Å². The minimum atomic E-state index is 0.286. The smallest absolute Gasteiger partial charge is 0.188 e. The number of ether oxygens (including phenoxy) is 1. The van der Waals surface area contributed by atoms with Crippen LogP contribution in [0.5, 0.6) is 5.75 Å². The standard InChI is InChI=1S/C14H19N5O/c1-3-20-12-6-4-5-11(15)13(12)14-16-17-18-19(14)9(2)10-7-8-10/h4-6,9-10H,3,7-8,15H2,1-2H3. The number of aromatic nitrogens is 4. The molecule has 0 saturated heterocycles. The van der Waals surface area contributed by atoms with E-state index in [9.17, 15) is 0 Å². The van der Waals surface area contributed by atoms with Crippen molar-refractivity contribution >= 4 is 5.69 Å². The maximum atomic E-state index is 6.11. The lowest BCUT2D eigenvalue weighted by atomic mass is 10.1. The van der Waals surface area contributed by atoms with Crippen molar-refractivity contribution in [2.75, 3.05) is 12.3 Å². The van der Waals surface area contributed by atoms with Crippen molar-refractivity contribution in [3.63, 3.8) is 0 Å². The minimum Gasteiger partial charge on any atom is -0.493 e. The second kappa shape index (κ2) is 5.11. The van der Waals surface area contributed by atoms with Gasteiger partial charge in [-0.15, -0.1) is 5.10 Å². The van der Waals surface area contributed by atoms with Crippen LogP contribution in [0, 0.1) is 5.92 Å². The molecule has 1 aliphatic carbocycles. The van der Waals surface area contributed by atoms with Gasteiger partial charge in [0.25, 0.3) is 0 Å².